The summed E-state index contributed by atoms with van der Waals surface area (Å²) in [6, 6.07) is 11.6. The van der Waals surface area contributed by atoms with E-state index >= 15 is 0 Å². The van der Waals surface area contributed by atoms with Crippen LogP contribution < -0.4 is 15.8 Å². The molecule has 2 aliphatic rings. The molecule has 1 aliphatic carbocycles. The Hall–Kier alpha value is -2.87. The highest BCUT2D eigenvalue weighted by molar-refractivity contribution is 5.74. The average Bonchev–Trinajstić information content (AvgIpc) is 3.22. The van der Waals surface area contributed by atoms with Crippen molar-refractivity contribution in [2.24, 2.45) is 0 Å². The largest absolute Gasteiger partial charge is 0.424 e. The van der Waals surface area contributed by atoms with Gasteiger partial charge in [0.1, 0.15) is 11.3 Å². The van der Waals surface area contributed by atoms with Crippen LogP contribution in [0, 0.1) is 0 Å². The number of hydrogen-bond donors (Lipinski definition) is 2. The predicted octanol–water partition coefficient (Wildman–Crippen LogP) is 3.33. The van der Waals surface area contributed by atoms with Gasteiger partial charge in [0.25, 0.3) is 11.6 Å². The third-order valence-electron chi connectivity index (χ3n) is 6.52. The fourth-order valence-corrected chi connectivity index (χ4v) is 4.85. The molecule has 5 rings (SSSR count). The SMILES string of the molecule is O=c1ccc(N2CCCCC2CNc2nc3ccccc3o2)nn1C1CCCCC1O. The van der Waals surface area contributed by atoms with Crippen LogP contribution in [0.15, 0.2) is 45.6 Å². The van der Waals surface area contributed by atoms with E-state index in [2.05, 4.69) is 15.2 Å². The molecule has 31 heavy (non-hydrogen) atoms. The standard InChI is InChI=1S/C23H29N5O3/c29-19-10-3-2-9-18(19)28-22(30)13-12-21(26-28)27-14-6-5-7-16(27)15-24-23-25-17-8-1-4-11-20(17)31-23/h1,4,8,11-13,16,18-19,29H,2-3,5-7,9-10,14-15H2,(H,24,25). The Labute approximate surface area is 180 Å². The summed E-state index contributed by atoms with van der Waals surface area (Å²) < 4.78 is 7.31. The van der Waals surface area contributed by atoms with Crippen molar-refractivity contribution in [3.63, 3.8) is 0 Å². The lowest BCUT2D eigenvalue weighted by Crippen LogP contribution is -2.45. The molecule has 3 unspecified atom stereocenters. The predicted molar refractivity (Wildman–Crippen MR) is 119 cm³/mol. The highest BCUT2D eigenvalue weighted by Gasteiger charge is 2.29. The highest BCUT2D eigenvalue weighted by Crippen LogP contribution is 2.29. The number of aliphatic hydroxyl groups excluding tert-OH is 1. The second-order valence-electron chi connectivity index (χ2n) is 8.60. The molecule has 1 saturated heterocycles. The molecule has 8 nitrogen and oxygen atoms in total. The van der Waals surface area contributed by atoms with Gasteiger partial charge in [0, 0.05) is 25.2 Å². The topological polar surface area (TPSA) is 96.4 Å². The van der Waals surface area contributed by atoms with E-state index in [0.717, 1.165) is 68.4 Å². The monoisotopic (exact) mass is 423 g/mol. The number of nitrogens with zero attached hydrogens (tertiary/aromatic N) is 4. The molecule has 0 bridgehead atoms. The van der Waals surface area contributed by atoms with Crippen molar-refractivity contribution >= 4 is 22.9 Å². The summed E-state index contributed by atoms with van der Waals surface area (Å²) in [6.45, 7) is 1.57. The van der Waals surface area contributed by atoms with E-state index in [9.17, 15) is 9.90 Å². The number of anilines is 2. The average molecular weight is 424 g/mol. The minimum absolute atomic E-state index is 0.145. The number of nitrogens with one attached hydrogen (secondary N) is 1. The zero-order chi connectivity index (χ0) is 21.2. The molecule has 1 aliphatic heterocycles. The van der Waals surface area contributed by atoms with Gasteiger partial charge < -0.3 is 19.7 Å². The first-order valence-corrected chi connectivity index (χ1v) is 11.3. The van der Waals surface area contributed by atoms with Crippen molar-refractivity contribution in [2.45, 2.75) is 63.1 Å². The van der Waals surface area contributed by atoms with Gasteiger partial charge >= 0.3 is 0 Å². The molecule has 1 aromatic carbocycles. The lowest BCUT2D eigenvalue weighted by atomic mass is 9.93. The summed E-state index contributed by atoms with van der Waals surface area (Å²) in [5, 5.41) is 18.5. The number of para-hydroxylation sites is 2. The Morgan fingerprint density at radius 3 is 2.77 bits per heavy atom. The van der Waals surface area contributed by atoms with Crippen molar-refractivity contribution in [1.82, 2.24) is 14.8 Å². The Bertz CT molecular complexity index is 1060. The van der Waals surface area contributed by atoms with Crippen LogP contribution in [-0.4, -0.2) is 45.1 Å². The summed E-state index contributed by atoms with van der Waals surface area (Å²) in [4.78, 5) is 19.3. The van der Waals surface area contributed by atoms with Crippen molar-refractivity contribution in [3.8, 4) is 0 Å². The Morgan fingerprint density at radius 1 is 1.06 bits per heavy atom. The molecule has 3 aromatic rings. The fourth-order valence-electron chi connectivity index (χ4n) is 4.85. The maximum Gasteiger partial charge on any atom is 0.295 e. The number of rotatable bonds is 5. The molecule has 2 aromatic heterocycles. The van der Waals surface area contributed by atoms with Gasteiger partial charge in [0.05, 0.1) is 12.1 Å². The molecule has 3 atom stereocenters. The molecule has 1 saturated carbocycles. The van der Waals surface area contributed by atoms with E-state index in [4.69, 9.17) is 9.52 Å². The van der Waals surface area contributed by atoms with E-state index in [1.165, 1.54) is 4.68 Å². The van der Waals surface area contributed by atoms with Gasteiger partial charge in [-0.1, -0.05) is 25.0 Å². The maximum absolute atomic E-state index is 12.5. The van der Waals surface area contributed by atoms with Crippen molar-refractivity contribution in [1.29, 1.82) is 0 Å². The molecular weight excluding hydrogens is 394 g/mol. The quantitative estimate of drug-likeness (QED) is 0.650. The minimum Gasteiger partial charge on any atom is -0.424 e. The van der Waals surface area contributed by atoms with E-state index in [1.54, 1.807) is 6.07 Å². The molecule has 3 heterocycles. The Kier molecular flexibility index (Phi) is 5.63. The third kappa shape index (κ3) is 4.17. The van der Waals surface area contributed by atoms with Gasteiger partial charge in [-0.2, -0.15) is 10.1 Å². The number of oxazole rings is 1. The van der Waals surface area contributed by atoms with Crippen molar-refractivity contribution in [3.05, 3.63) is 46.8 Å². The van der Waals surface area contributed by atoms with E-state index in [-0.39, 0.29) is 17.6 Å². The zero-order valence-corrected chi connectivity index (χ0v) is 17.6. The fraction of sp³-hybridized carbons (Fsp3) is 0.522. The third-order valence-corrected chi connectivity index (χ3v) is 6.52. The van der Waals surface area contributed by atoms with Crippen LogP contribution in [0.25, 0.3) is 11.1 Å². The highest BCUT2D eigenvalue weighted by atomic mass is 16.4. The van der Waals surface area contributed by atoms with Crippen LogP contribution in [-0.2, 0) is 0 Å². The molecule has 0 amide bonds. The number of aliphatic hydroxyl groups is 1. The number of hydrogen-bond acceptors (Lipinski definition) is 7. The molecule has 2 N–H and O–H groups in total. The van der Waals surface area contributed by atoms with Gasteiger partial charge in [0.15, 0.2) is 5.58 Å². The smallest absolute Gasteiger partial charge is 0.295 e. The molecule has 8 heteroatoms. The molecule has 164 valence electrons. The van der Waals surface area contributed by atoms with E-state index in [1.807, 2.05) is 30.3 Å². The van der Waals surface area contributed by atoms with Crippen molar-refractivity contribution in [2.75, 3.05) is 23.3 Å². The first kappa shape index (κ1) is 20.1. The molecule has 2 fully saturated rings. The van der Waals surface area contributed by atoms with Crippen molar-refractivity contribution < 1.29 is 9.52 Å². The Balaban J connectivity index is 1.35. The van der Waals surface area contributed by atoms with E-state index < -0.39 is 6.10 Å². The van der Waals surface area contributed by atoms with Crippen LogP contribution >= 0.6 is 0 Å². The second kappa shape index (κ2) is 8.70. The maximum atomic E-state index is 12.5. The summed E-state index contributed by atoms with van der Waals surface area (Å²) in [5.41, 5.74) is 1.46. The first-order valence-electron chi connectivity index (χ1n) is 11.3. The van der Waals surface area contributed by atoms with Crippen LogP contribution in [0.4, 0.5) is 11.8 Å². The Morgan fingerprint density at radius 2 is 1.90 bits per heavy atom. The van der Waals surface area contributed by atoms with Gasteiger partial charge in [-0.05, 0) is 50.3 Å². The molecular formula is C23H29N5O3. The van der Waals surface area contributed by atoms with E-state index in [0.29, 0.717) is 12.6 Å². The lowest BCUT2D eigenvalue weighted by Gasteiger charge is -2.37. The first-order chi connectivity index (χ1) is 15.2. The van der Waals surface area contributed by atoms with Gasteiger partial charge in [-0.15, -0.1) is 0 Å². The van der Waals surface area contributed by atoms with Crippen LogP contribution in [0.2, 0.25) is 0 Å². The van der Waals surface area contributed by atoms with Crippen LogP contribution in [0.3, 0.4) is 0 Å². The normalized spacial score (nSPS) is 24.4. The molecule has 0 spiro atoms. The van der Waals surface area contributed by atoms with Crippen LogP contribution in [0.5, 0.6) is 0 Å². The van der Waals surface area contributed by atoms with Gasteiger partial charge in [-0.25, -0.2) is 4.68 Å². The van der Waals surface area contributed by atoms with Gasteiger partial charge in [-0.3, -0.25) is 4.79 Å². The second-order valence-corrected chi connectivity index (χ2v) is 8.60. The number of piperidine rings is 1. The molecule has 0 radical (unpaired) electrons. The summed E-state index contributed by atoms with van der Waals surface area (Å²) in [7, 11) is 0. The summed E-state index contributed by atoms with van der Waals surface area (Å²) in [6.07, 6.45) is 6.29. The summed E-state index contributed by atoms with van der Waals surface area (Å²) >= 11 is 0. The van der Waals surface area contributed by atoms with Crippen LogP contribution in [0.1, 0.15) is 51.0 Å². The number of aromatic nitrogens is 3. The lowest BCUT2D eigenvalue weighted by molar-refractivity contribution is 0.0669. The summed E-state index contributed by atoms with van der Waals surface area (Å²) in [5.74, 6) is 0.793. The minimum atomic E-state index is -0.507. The number of fused-ring (bicyclic) bond motifs is 1. The zero-order valence-electron chi connectivity index (χ0n) is 17.6. The van der Waals surface area contributed by atoms with Gasteiger partial charge in [0.2, 0.25) is 0 Å². The number of benzene rings is 1.